The molecule has 0 bridgehead atoms. The van der Waals surface area contributed by atoms with Crippen LogP contribution in [-0.4, -0.2) is 69.9 Å². The summed E-state index contributed by atoms with van der Waals surface area (Å²) in [6.45, 7) is 2.57. The first-order chi connectivity index (χ1) is 14.8. The fourth-order valence-corrected chi connectivity index (χ4v) is 4.87. The van der Waals surface area contributed by atoms with Crippen LogP contribution in [0.3, 0.4) is 0 Å². The first kappa shape index (κ1) is 21.1. The molecule has 0 spiro atoms. The number of aromatic nitrogens is 4. The average molecular weight is 444 g/mol. The number of hydrogen-bond donors (Lipinski definition) is 0. The number of amides is 1. The van der Waals surface area contributed by atoms with Gasteiger partial charge in [-0.15, -0.1) is 10.2 Å². The third-order valence-electron chi connectivity index (χ3n) is 5.14. The first-order valence-corrected chi connectivity index (χ1v) is 11.2. The summed E-state index contributed by atoms with van der Waals surface area (Å²) in [5.74, 6) is -0.395. The quantitative estimate of drug-likeness (QED) is 0.588. The summed E-state index contributed by atoms with van der Waals surface area (Å²) < 4.78 is 40.1. The number of rotatable bonds is 5. The Balaban J connectivity index is 1.37. The fourth-order valence-electron chi connectivity index (χ4n) is 3.42. The summed E-state index contributed by atoms with van der Waals surface area (Å²) in [5.41, 5.74) is 1.85. The Morgan fingerprint density at radius 3 is 2.52 bits per heavy atom. The summed E-state index contributed by atoms with van der Waals surface area (Å²) in [6.07, 6.45) is 0. The van der Waals surface area contributed by atoms with Crippen LogP contribution in [0.15, 0.2) is 53.4 Å². The minimum atomic E-state index is -3.81. The molecule has 1 saturated heterocycles. The second-order valence-electron chi connectivity index (χ2n) is 7.20. The van der Waals surface area contributed by atoms with Crippen LogP contribution in [-0.2, 0) is 21.4 Å². The van der Waals surface area contributed by atoms with Crippen LogP contribution in [0.1, 0.15) is 5.56 Å². The zero-order valence-electron chi connectivity index (χ0n) is 16.8. The molecule has 162 valence electrons. The van der Waals surface area contributed by atoms with E-state index in [4.69, 9.17) is 0 Å². The Hall–Kier alpha value is -3.18. The van der Waals surface area contributed by atoms with Crippen LogP contribution < -0.4 is 0 Å². The van der Waals surface area contributed by atoms with Crippen LogP contribution in [0.25, 0.3) is 11.4 Å². The van der Waals surface area contributed by atoms with E-state index in [1.807, 2.05) is 31.2 Å². The van der Waals surface area contributed by atoms with Gasteiger partial charge >= 0.3 is 0 Å². The lowest BCUT2D eigenvalue weighted by Gasteiger charge is -2.33. The molecular weight excluding hydrogens is 423 g/mol. The van der Waals surface area contributed by atoms with E-state index in [2.05, 4.69) is 15.4 Å². The van der Waals surface area contributed by atoms with Crippen molar-refractivity contribution >= 4 is 15.9 Å². The number of piperazine rings is 1. The molecule has 1 fully saturated rings. The average Bonchev–Trinajstić information content (AvgIpc) is 3.22. The van der Waals surface area contributed by atoms with Gasteiger partial charge in [-0.2, -0.15) is 9.10 Å². The molecule has 11 heteroatoms. The number of sulfonamides is 1. The lowest BCUT2D eigenvalue weighted by Crippen LogP contribution is -2.51. The summed E-state index contributed by atoms with van der Waals surface area (Å²) in [5, 5.41) is 12.3. The Labute approximate surface area is 179 Å². The summed E-state index contributed by atoms with van der Waals surface area (Å²) in [4.78, 5) is 15.3. The highest BCUT2D eigenvalue weighted by atomic mass is 32.2. The number of tetrazole rings is 1. The lowest BCUT2D eigenvalue weighted by molar-refractivity contribution is -0.133. The van der Waals surface area contributed by atoms with Crippen molar-refractivity contribution < 1.29 is 17.6 Å². The van der Waals surface area contributed by atoms with Crippen molar-refractivity contribution in [1.29, 1.82) is 0 Å². The van der Waals surface area contributed by atoms with Crippen molar-refractivity contribution in [2.45, 2.75) is 18.4 Å². The highest BCUT2D eigenvalue weighted by Gasteiger charge is 2.30. The molecule has 3 aromatic rings. The van der Waals surface area contributed by atoms with E-state index in [1.165, 1.54) is 27.3 Å². The molecule has 2 aromatic carbocycles. The van der Waals surface area contributed by atoms with Gasteiger partial charge in [-0.3, -0.25) is 4.79 Å². The van der Waals surface area contributed by atoms with Crippen LogP contribution in [0.5, 0.6) is 0 Å². The predicted molar refractivity (Wildman–Crippen MR) is 110 cm³/mol. The van der Waals surface area contributed by atoms with Crippen molar-refractivity contribution in [3.8, 4) is 11.4 Å². The van der Waals surface area contributed by atoms with Gasteiger partial charge in [0.2, 0.25) is 21.8 Å². The molecule has 2 heterocycles. The lowest BCUT2D eigenvalue weighted by atomic mass is 10.1. The maximum atomic E-state index is 13.4. The third-order valence-corrected chi connectivity index (χ3v) is 7.04. The molecule has 4 rings (SSSR count). The van der Waals surface area contributed by atoms with Crippen LogP contribution >= 0.6 is 0 Å². The van der Waals surface area contributed by atoms with Crippen LogP contribution in [0.4, 0.5) is 4.39 Å². The normalized spacial score (nSPS) is 15.2. The van der Waals surface area contributed by atoms with Gasteiger partial charge in [-0.1, -0.05) is 30.3 Å². The SMILES string of the molecule is Cc1ccccc1-c1nnn(CC(=O)N2CCN(S(=O)(=O)c3cccc(F)c3)CC2)n1. The summed E-state index contributed by atoms with van der Waals surface area (Å²) in [7, 11) is -3.81. The van der Waals surface area contributed by atoms with Crippen molar-refractivity contribution in [3.05, 3.63) is 59.9 Å². The van der Waals surface area contributed by atoms with Gasteiger partial charge < -0.3 is 4.90 Å². The maximum absolute atomic E-state index is 13.4. The molecule has 0 unspecified atom stereocenters. The van der Waals surface area contributed by atoms with E-state index in [0.717, 1.165) is 17.2 Å². The van der Waals surface area contributed by atoms with Crippen molar-refractivity contribution in [1.82, 2.24) is 29.4 Å². The van der Waals surface area contributed by atoms with E-state index in [9.17, 15) is 17.6 Å². The molecule has 1 aliphatic rings. The molecule has 1 aromatic heterocycles. The minimum Gasteiger partial charge on any atom is -0.338 e. The van der Waals surface area contributed by atoms with Gasteiger partial charge in [0.1, 0.15) is 12.4 Å². The molecule has 31 heavy (non-hydrogen) atoms. The van der Waals surface area contributed by atoms with Gasteiger partial charge in [-0.05, 0) is 35.9 Å². The fraction of sp³-hybridized carbons (Fsp3) is 0.300. The van der Waals surface area contributed by atoms with Gasteiger partial charge in [-0.25, -0.2) is 12.8 Å². The molecule has 1 aliphatic heterocycles. The molecule has 1 amide bonds. The van der Waals surface area contributed by atoms with Crippen molar-refractivity contribution in [2.24, 2.45) is 0 Å². The number of carbonyl (C=O) groups excluding carboxylic acids is 1. The highest BCUT2D eigenvalue weighted by molar-refractivity contribution is 7.89. The number of aryl methyl sites for hydroxylation is 1. The van der Waals surface area contributed by atoms with E-state index >= 15 is 0 Å². The van der Waals surface area contributed by atoms with Crippen LogP contribution in [0, 0.1) is 12.7 Å². The molecule has 9 nitrogen and oxygen atoms in total. The molecule has 0 atom stereocenters. The molecular formula is C20H21FN6O3S. The Bertz CT molecular complexity index is 1200. The van der Waals surface area contributed by atoms with Gasteiger partial charge in [0.25, 0.3) is 0 Å². The Morgan fingerprint density at radius 2 is 1.81 bits per heavy atom. The largest absolute Gasteiger partial charge is 0.338 e. The van der Waals surface area contributed by atoms with Crippen molar-refractivity contribution in [3.63, 3.8) is 0 Å². The standard InChI is InChI=1S/C20H21FN6O3S/c1-15-5-2-3-8-18(15)20-22-24-27(23-20)14-19(28)25-9-11-26(12-10-25)31(29,30)17-7-4-6-16(21)13-17/h2-8,13H,9-12,14H2,1H3. The van der Waals surface area contributed by atoms with Gasteiger partial charge in [0, 0.05) is 31.7 Å². The number of halogens is 1. The zero-order chi connectivity index (χ0) is 22.0. The van der Waals surface area contributed by atoms with E-state index in [0.29, 0.717) is 5.82 Å². The monoisotopic (exact) mass is 444 g/mol. The van der Waals surface area contributed by atoms with E-state index in [-0.39, 0.29) is 43.5 Å². The number of hydrogen-bond acceptors (Lipinski definition) is 6. The summed E-state index contributed by atoms with van der Waals surface area (Å²) in [6, 6.07) is 12.5. The van der Waals surface area contributed by atoms with Gasteiger partial charge in [0.15, 0.2) is 0 Å². The molecule has 0 aliphatic carbocycles. The number of carbonyl (C=O) groups is 1. The molecule has 0 radical (unpaired) electrons. The molecule has 0 saturated carbocycles. The predicted octanol–water partition coefficient (Wildman–Crippen LogP) is 1.32. The highest BCUT2D eigenvalue weighted by Crippen LogP contribution is 2.19. The minimum absolute atomic E-state index is 0.0878. The Morgan fingerprint density at radius 1 is 1.06 bits per heavy atom. The maximum Gasteiger partial charge on any atom is 0.246 e. The second-order valence-corrected chi connectivity index (χ2v) is 9.14. The van der Waals surface area contributed by atoms with Crippen molar-refractivity contribution in [2.75, 3.05) is 26.2 Å². The smallest absolute Gasteiger partial charge is 0.246 e. The molecule has 0 N–H and O–H groups in total. The number of nitrogens with zero attached hydrogens (tertiary/aromatic N) is 6. The second kappa shape index (κ2) is 8.52. The zero-order valence-corrected chi connectivity index (χ0v) is 17.7. The topological polar surface area (TPSA) is 101 Å². The van der Waals surface area contributed by atoms with E-state index < -0.39 is 15.8 Å². The first-order valence-electron chi connectivity index (χ1n) is 9.72. The van der Waals surface area contributed by atoms with Gasteiger partial charge in [0.05, 0.1) is 4.90 Å². The third kappa shape index (κ3) is 4.47. The number of benzene rings is 2. The van der Waals surface area contributed by atoms with E-state index in [1.54, 1.807) is 4.90 Å². The Kier molecular flexibility index (Phi) is 5.79. The van der Waals surface area contributed by atoms with Crippen LogP contribution in [0.2, 0.25) is 0 Å². The summed E-state index contributed by atoms with van der Waals surface area (Å²) >= 11 is 0.